The van der Waals surface area contributed by atoms with Crippen LogP contribution in [-0.4, -0.2) is 106 Å². The van der Waals surface area contributed by atoms with E-state index in [1.807, 2.05) is 30.6 Å². The van der Waals surface area contributed by atoms with E-state index in [0.29, 0.717) is 26.2 Å². The van der Waals surface area contributed by atoms with Crippen molar-refractivity contribution in [1.82, 2.24) is 14.7 Å². The molecule has 0 bridgehead atoms. The number of nitrogens with zero attached hydrogens (tertiary/aromatic N) is 3. The number of amides is 2. The minimum absolute atomic E-state index is 0.556. The fraction of sp³-hybridized carbons (Fsp3) is 0.949. The Kier molecular flexibility index (Phi) is 36.8. The molecule has 0 atom stereocenters. The molecular formula is C39H79N3O4S2. The van der Waals surface area contributed by atoms with Crippen LogP contribution >= 0.6 is 23.5 Å². The van der Waals surface area contributed by atoms with Crippen molar-refractivity contribution in [2.24, 2.45) is 0 Å². The number of rotatable bonds is 38. The van der Waals surface area contributed by atoms with Crippen molar-refractivity contribution in [1.29, 1.82) is 0 Å². The van der Waals surface area contributed by atoms with E-state index in [0.717, 1.165) is 50.3 Å². The Labute approximate surface area is 306 Å². The van der Waals surface area contributed by atoms with E-state index in [-0.39, 0.29) is 0 Å². The van der Waals surface area contributed by atoms with Crippen molar-refractivity contribution in [3.05, 3.63) is 0 Å². The van der Waals surface area contributed by atoms with Crippen molar-refractivity contribution >= 4 is 35.7 Å². The largest absolute Gasteiger partial charge is 0.465 e. The van der Waals surface area contributed by atoms with Gasteiger partial charge in [0.15, 0.2) is 0 Å². The first-order valence-electron chi connectivity index (χ1n) is 20.2. The van der Waals surface area contributed by atoms with Gasteiger partial charge in [0, 0.05) is 26.2 Å². The van der Waals surface area contributed by atoms with Crippen LogP contribution in [-0.2, 0) is 0 Å². The monoisotopic (exact) mass is 718 g/mol. The zero-order valence-electron chi connectivity index (χ0n) is 31.9. The highest BCUT2D eigenvalue weighted by atomic mass is 32.2. The summed E-state index contributed by atoms with van der Waals surface area (Å²) in [6, 6.07) is 0. The molecule has 0 spiro atoms. The molecule has 2 N–H and O–H groups in total. The SMILES string of the molecule is CCCCCCCCCCCCSCCCN(CCCN(C)CCCN(CCCSCCCCCCCCCCCC)C(=O)O)C(=O)O. The van der Waals surface area contributed by atoms with Gasteiger partial charge in [-0.2, -0.15) is 23.5 Å². The zero-order valence-corrected chi connectivity index (χ0v) is 33.5. The van der Waals surface area contributed by atoms with E-state index in [9.17, 15) is 19.8 Å². The van der Waals surface area contributed by atoms with Gasteiger partial charge < -0.3 is 24.9 Å². The van der Waals surface area contributed by atoms with Crippen LogP contribution in [0.5, 0.6) is 0 Å². The van der Waals surface area contributed by atoms with Gasteiger partial charge in [0.2, 0.25) is 0 Å². The van der Waals surface area contributed by atoms with E-state index in [4.69, 9.17) is 0 Å². The molecule has 0 radical (unpaired) electrons. The summed E-state index contributed by atoms with van der Waals surface area (Å²) in [5, 5.41) is 19.3. The first-order valence-corrected chi connectivity index (χ1v) is 22.5. The Bertz CT molecular complexity index is 648. The number of carboxylic acid groups (broad SMARTS) is 2. The second-order valence-corrected chi connectivity index (χ2v) is 16.3. The van der Waals surface area contributed by atoms with Gasteiger partial charge in [0.05, 0.1) is 0 Å². The van der Waals surface area contributed by atoms with Crippen LogP contribution in [0.3, 0.4) is 0 Å². The molecule has 0 heterocycles. The van der Waals surface area contributed by atoms with Crippen LogP contribution in [0, 0.1) is 0 Å². The Morgan fingerprint density at radius 1 is 0.396 bits per heavy atom. The topological polar surface area (TPSA) is 84.3 Å². The van der Waals surface area contributed by atoms with Crippen LogP contribution < -0.4 is 0 Å². The fourth-order valence-corrected chi connectivity index (χ4v) is 7.97. The second-order valence-electron chi connectivity index (χ2n) is 13.8. The molecule has 0 unspecified atom stereocenters. The summed E-state index contributed by atoms with van der Waals surface area (Å²) in [7, 11) is 2.05. The highest BCUT2D eigenvalue weighted by Crippen LogP contribution is 2.15. The molecule has 0 aliphatic heterocycles. The minimum Gasteiger partial charge on any atom is -0.465 e. The Morgan fingerprint density at radius 3 is 0.979 bits per heavy atom. The highest BCUT2D eigenvalue weighted by Gasteiger charge is 2.13. The third-order valence-corrected chi connectivity index (χ3v) is 11.5. The molecule has 7 nitrogen and oxygen atoms in total. The van der Waals surface area contributed by atoms with Crippen LogP contribution in [0.25, 0.3) is 0 Å². The quantitative estimate of drug-likeness (QED) is 0.0615. The minimum atomic E-state index is -0.823. The van der Waals surface area contributed by atoms with Crippen molar-refractivity contribution in [3.8, 4) is 0 Å². The number of hydrogen-bond donors (Lipinski definition) is 2. The van der Waals surface area contributed by atoms with Gasteiger partial charge in [-0.1, -0.05) is 129 Å². The number of hydrogen-bond acceptors (Lipinski definition) is 5. The molecule has 0 saturated heterocycles. The lowest BCUT2D eigenvalue weighted by molar-refractivity contribution is 0.140. The zero-order chi connectivity index (χ0) is 35.3. The molecule has 0 fully saturated rings. The van der Waals surface area contributed by atoms with Gasteiger partial charge in [-0.15, -0.1) is 0 Å². The van der Waals surface area contributed by atoms with E-state index < -0.39 is 12.2 Å². The van der Waals surface area contributed by atoms with Crippen LogP contribution in [0.2, 0.25) is 0 Å². The predicted octanol–water partition coefficient (Wildman–Crippen LogP) is 11.7. The molecule has 0 aliphatic rings. The van der Waals surface area contributed by atoms with E-state index >= 15 is 0 Å². The van der Waals surface area contributed by atoms with Gasteiger partial charge >= 0.3 is 12.2 Å². The lowest BCUT2D eigenvalue weighted by Crippen LogP contribution is -2.35. The third-order valence-electron chi connectivity index (χ3n) is 9.19. The number of carbonyl (C=O) groups is 2. The second kappa shape index (κ2) is 37.5. The van der Waals surface area contributed by atoms with Crippen LogP contribution in [0.1, 0.15) is 168 Å². The Morgan fingerprint density at radius 2 is 0.667 bits per heavy atom. The summed E-state index contributed by atoms with van der Waals surface area (Å²) in [6.07, 6.45) is 29.0. The molecule has 48 heavy (non-hydrogen) atoms. The van der Waals surface area contributed by atoms with Crippen molar-refractivity contribution in [2.75, 3.05) is 69.3 Å². The summed E-state index contributed by atoms with van der Waals surface area (Å²) in [4.78, 5) is 28.8. The standard InChI is InChI=1S/C39H79N3O4S2/c1-4-6-8-10-12-14-16-18-20-22-34-47-36-26-32-41(38(43)44)30-24-28-40(3)29-25-31-42(39(45)46)33-27-37-48-35-23-21-19-17-15-13-11-9-7-5-2/h4-37H2,1-3H3,(H,43,44)(H,45,46). The summed E-state index contributed by atoms with van der Waals surface area (Å²) in [5.41, 5.74) is 0. The Hall–Kier alpha value is -0.800. The predicted molar refractivity (Wildman–Crippen MR) is 213 cm³/mol. The van der Waals surface area contributed by atoms with Crippen LogP contribution in [0.4, 0.5) is 9.59 Å². The van der Waals surface area contributed by atoms with Gasteiger partial charge in [-0.25, -0.2) is 9.59 Å². The molecule has 0 aromatic carbocycles. The number of unbranched alkanes of at least 4 members (excludes halogenated alkanes) is 18. The lowest BCUT2D eigenvalue weighted by Gasteiger charge is -2.23. The lowest BCUT2D eigenvalue weighted by atomic mass is 10.1. The molecule has 286 valence electrons. The number of thioether (sulfide) groups is 2. The smallest absolute Gasteiger partial charge is 0.407 e. The van der Waals surface area contributed by atoms with E-state index in [1.165, 1.54) is 140 Å². The summed E-state index contributed by atoms with van der Waals surface area (Å²) < 4.78 is 0. The van der Waals surface area contributed by atoms with Gasteiger partial charge in [0.25, 0.3) is 0 Å². The maximum absolute atomic E-state index is 11.7. The molecule has 0 aliphatic carbocycles. The van der Waals surface area contributed by atoms with Gasteiger partial charge in [0.1, 0.15) is 0 Å². The first kappa shape index (κ1) is 47.2. The van der Waals surface area contributed by atoms with Crippen molar-refractivity contribution in [2.45, 2.75) is 168 Å². The fourth-order valence-electron chi connectivity index (χ4n) is 6.08. The van der Waals surface area contributed by atoms with Crippen molar-refractivity contribution < 1.29 is 19.8 Å². The summed E-state index contributed by atoms with van der Waals surface area (Å²) in [6.45, 7) is 8.50. The maximum Gasteiger partial charge on any atom is 0.407 e. The Balaban J connectivity index is 3.77. The highest BCUT2D eigenvalue weighted by molar-refractivity contribution is 7.99. The average Bonchev–Trinajstić information content (AvgIpc) is 3.06. The molecule has 0 aromatic rings. The normalized spacial score (nSPS) is 11.4. The molecular weight excluding hydrogens is 639 g/mol. The van der Waals surface area contributed by atoms with Gasteiger partial charge in [-0.05, 0) is 81.7 Å². The molecule has 0 aromatic heterocycles. The van der Waals surface area contributed by atoms with E-state index in [2.05, 4.69) is 18.7 Å². The molecule has 0 rings (SSSR count). The maximum atomic E-state index is 11.7. The van der Waals surface area contributed by atoms with E-state index in [1.54, 1.807) is 9.80 Å². The first-order chi connectivity index (χ1) is 23.4. The summed E-state index contributed by atoms with van der Waals surface area (Å²) >= 11 is 3.93. The van der Waals surface area contributed by atoms with Gasteiger partial charge in [-0.3, -0.25) is 0 Å². The third kappa shape index (κ3) is 33.7. The van der Waals surface area contributed by atoms with Crippen LogP contribution in [0.15, 0.2) is 0 Å². The average molecular weight is 718 g/mol. The molecule has 9 heteroatoms. The summed E-state index contributed by atoms with van der Waals surface area (Å²) in [5.74, 6) is 4.43. The molecule has 2 amide bonds. The molecule has 0 saturated carbocycles. The van der Waals surface area contributed by atoms with Crippen molar-refractivity contribution in [3.63, 3.8) is 0 Å².